The molecule has 0 aromatic heterocycles. The number of nitrogens with zero attached hydrogens (tertiary/aromatic N) is 3. The molecule has 0 aliphatic rings. The first-order valence-corrected chi connectivity index (χ1v) is 16.2. The third-order valence-corrected chi connectivity index (χ3v) is 6.00. The van der Waals surface area contributed by atoms with Crippen molar-refractivity contribution in [2.45, 2.75) is 119 Å². The van der Waals surface area contributed by atoms with E-state index in [2.05, 4.69) is 57.5 Å². The van der Waals surface area contributed by atoms with Gasteiger partial charge in [-0.1, -0.05) is 124 Å². The third-order valence-electron chi connectivity index (χ3n) is 5.01. The van der Waals surface area contributed by atoms with Crippen LogP contribution in [0.15, 0.2) is 24.3 Å². The molecule has 0 aliphatic heterocycles. The summed E-state index contributed by atoms with van der Waals surface area (Å²) in [6, 6.07) is 5.00. The molecular formula is C29H58F3HfN3Si. The molecule has 0 heterocycles. The van der Waals surface area contributed by atoms with Gasteiger partial charge in [0.05, 0.1) is 0 Å². The van der Waals surface area contributed by atoms with E-state index in [1.807, 2.05) is 0 Å². The summed E-state index contributed by atoms with van der Waals surface area (Å²) in [5.41, 5.74) is 0. The second-order valence-corrected chi connectivity index (χ2v) is 10.4. The van der Waals surface area contributed by atoms with Crippen molar-refractivity contribution < 1.29 is 38.2 Å². The molecule has 8 heteroatoms. The van der Waals surface area contributed by atoms with Crippen molar-refractivity contribution in [1.82, 2.24) is 0 Å². The van der Waals surface area contributed by atoms with Gasteiger partial charge in [0.1, 0.15) is 0 Å². The van der Waals surface area contributed by atoms with Gasteiger partial charge >= 0.3 is 34.9 Å². The van der Waals surface area contributed by atoms with Crippen molar-refractivity contribution in [3.05, 3.63) is 40.2 Å². The molecular weight excluding hydrogens is 654 g/mol. The van der Waals surface area contributed by atoms with E-state index in [0.29, 0.717) is 0 Å². The second-order valence-electron chi connectivity index (χ2n) is 8.81. The molecule has 1 rings (SSSR count). The molecule has 1 aromatic carbocycles. The Kier molecular flexibility index (Phi) is 45.6. The smallest absolute Gasteiger partial charge is 0.662 e. The van der Waals surface area contributed by atoms with E-state index in [1.54, 1.807) is 0 Å². The number of hydrogen-bond donors (Lipinski definition) is 0. The zero-order chi connectivity index (χ0) is 27.8. The minimum atomic E-state index is -5.48. The summed E-state index contributed by atoms with van der Waals surface area (Å²) in [6.45, 7) is 19.7. The maximum absolute atomic E-state index is 11.8. The molecule has 1 aromatic rings. The maximum atomic E-state index is 11.8. The van der Waals surface area contributed by atoms with E-state index >= 15 is 0 Å². The van der Waals surface area contributed by atoms with Crippen molar-refractivity contribution in [1.29, 1.82) is 0 Å². The summed E-state index contributed by atoms with van der Waals surface area (Å²) < 4.78 is 35.3. The van der Waals surface area contributed by atoms with Crippen LogP contribution in [0.2, 0.25) is 0 Å². The van der Waals surface area contributed by atoms with Gasteiger partial charge in [-0.25, -0.2) is 24.5 Å². The molecule has 0 atom stereocenters. The van der Waals surface area contributed by atoms with E-state index in [-0.39, 0.29) is 25.8 Å². The SMILES string of the molecule is CCCC[N-]CCCC.CCCC[N-]CCCC.CCCC[N-]CCCC.F[Si](F)(F)[c-]1cccc1.[Hf+4]. The number of halogens is 3. The van der Waals surface area contributed by atoms with Gasteiger partial charge in [-0.2, -0.15) is 12.1 Å². The van der Waals surface area contributed by atoms with Gasteiger partial charge in [0, 0.05) is 0 Å². The van der Waals surface area contributed by atoms with Gasteiger partial charge in [0.2, 0.25) is 0 Å². The summed E-state index contributed by atoms with van der Waals surface area (Å²) in [7, 11) is -5.48. The first kappa shape index (κ1) is 44.1. The number of rotatable bonds is 19. The van der Waals surface area contributed by atoms with Crippen LogP contribution in [0.3, 0.4) is 0 Å². The van der Waals surface area contributed by atoms with Gasteiger partial charge in [0.25, 0.3) is 0 Å². The van der Waals surface area contributed by atoms with Crippen LogP contribution >= 0.6 is 0 Å². The zero-order valence-electron chi connectivity index (χ0n) is 25.0. The Morgan fingerprint density at radius 3 is 0.838 bits per heavy atom. The normalized spacial score (nSPS) is 10.2. The molecule has 0 unspecified atom stereocenters. The molecule has 218 valence electrons. The summed E-state index contributed by atoms with van der Waals surface area (Å²) in [6.07, 6.45) is 15.2. The first-order valence-electron chi connectivity index (χ1n) is 14.5. The maximum Gasteiger partial charge on any atom is 4.00 e. The molecule has 0 amide bonds. The van der Waals surface area contributed by atoms with Crippen LogP contribution in [0, 0.1) is 0 Å². The first-order chi connectivity index (χ1) is 17.3. The van der Waals surface area contributed by atoms with E-state index in [1.165, 1.54) is 89.2 Å². The number of unbranched alkanes of at least 4 members (excludes halogenated alkanes) is 6. The number of hydrogen-bond acceptors (Lipinski definition) is 0. The summed E-state index contributed by atoms with van der Waals surface area (Å²) in [5.74, 6) is 0. The van der Waals surface area contributed by atoms with Crippen molar-refractivity contribution in [2.24, 2.45) is 0 Å². The molecule has 0 radical (unpaired) electrons. The van der Waals surface area contributed by atoms with Crippen LogP contribution in [-0.4, -0.2) is 48.3 Å². The Labute approximate surface area is 249 Å². The van der Waals surface area contributed by atoms with Gasteiger partial charge in [-0.15, -0.1) is 39.3 Å². The van der Waals surface area contributed by atoms with Crippen LogP contribution in [0.5, 0.6) is 0 Å². The Hall–Kier alpha value is 0.107. The summed E-state index contributed by atoms with van der Waals surface area (Å²) in [5, 5.41) is 12.6. The quantitative estimate of drug-likeness (QED) is 0.0593. The van der Waals surface area contributed by atoms with Crippen LogP contribution in [0.4, 0.5) is 12.3 Å². The fraction of sp³-hybridized carbons (Fsp3) is 0.828. The van der Waals surface area contributed by atoms with Gasteiger partial charge in [-0.05, 0) is 0 Å². The van der Waals surface area contributed by atoms with Crippen molar-refractivity contribution in [2.75, 3.05) is 39.3 Å². The largest absolute Gasteiger partial charge is 4.00 e. The van der Waals surface area contributed by atoms with Crippen LogP contribution in [0.25, 0.3) is 16.0 Å². The van der Waals surface area contributed by atoms with Crippen LogP contribution in [0.1, 0.15) is 119 Å². The van der Waals surface area contributed by atoms with Gasteiger partial charge < -0.3 is 16.0 Å². The minimum Gasteiger partial charge on any atom is -0.662 e. The van der Waals surface area contributed by atoms with E-state index in [4.69, 9.17) is 0 Å². The summed E-state index contributed by atoms with van der Waals surface area (Å²) in [4.78, 5) is 0. The molecule has 37 heavy (non-hydrogen) atoms. The molecule has 0 fully saturated rings. The molecule has 0 aliphatic carbocycles. The Bertz CT molecular complexity index is 424. The van der Waals surface area contributed by atoms with Gasteiger partial charge in [0.15, 0.2) is 0 Å². The second kappa shape index (κ2) is 38.3. The fourth-order valence-electron chi connectivity index (χ4n) is 2.52. The van der Waals surface area contributed by atoms with E-state index in [9.17, 15) is 12.3 Å². The van der Waals surface area contributed by atoms with Crippen molar-refractivity contribution >= 4 is 14.3 Å². The standard InChI is InChI=1S/3C8H18N.C5H4F3Si.Hf/c3*1-3-5-7-9-8-6-4-2;6-9(7,8)5-3-1-2-4-5;/h3*3-8H2,1-2H3;1-4H;/q4*-1;+4. The Morgan fingerprint density at radius 2 is 0.703 bits per heavy atom. The van der Waals surface area contributed by atoms with Crippen LogP contribution in [-0.2, 0) is 25.8 Å². The Balaban J connectivity index is -0.000000194. The third kappa shape index (κ3) is 43.4. The molecule has 0 N–H and O–H groups in total. The van der Waals surface area contributed by atoms with Crippen molar-refractivity contribution in [3.63, 3.8) is 0 Å². The average molecular weight is 712 g/mol. The predicted octanol–water partition coefficient (Wildman–Crippen LogP) is 10.3. The monoisotopic (exact) mass is 713 g/mol. The van der Waals surface area contributed by atoms with E-state index < -0.39 is 14.3 Å². The zero-order valence-corrected chi connectivity index (χ0v) is 29.6. The molecule has 0 bridgehead atoms. The van der Waals surface area contributed by atoms with Gasteiger partial charge in [-0.3, -0.25) is 0 Å². The van der Waals surface area contributed by atoms with Crippen molar-refractivity contribution in [3.8, 4) is 0 Å². The molecule has 0 saturated heterocycles. The fourth-order valence-corrected chi connectivity index (χ4v) is 3.09. The topological polar surface area (TPSA) is 42.3 Å². The predicted molar refractivity (Wildman–Crippen MR) is 159 cm³/mol. The molecule has 0 saturated carbocycles. The molecule has 3 nitrogen and oxygen atoms in total. The molecule has 0 spiro atoms. The van der Waals surface area contributed by atoms with E-state index in [0.717, 1.165) is 51.4 Å². The minimum absolute atomic E-state index is 0. The summed E-state index contributed by atoms with van der Waals surface area (Å²) >= 11 is 0. The van der Waals surface area contributed by atoms with Crippen LogP contribution < -0.4 is 5.19 Å². The Morgan fingerprint density at radius 1 is 0.486 bits per heavy atom. The average Bonchev–Trinajstić information content (AvgIpc) is 3.41.